The standard InChI is InChI=1S/C15H22ClN3OS/c1-19(12-6-8-21-10-12)7-2-3-15(20)18-14-5-4-11(16)9-13(14)17/h4-5,9,12H,2-3,6-8,10,17H2,1H3,(H,18,20). The van der Waals surface area contributed by atoms with Gasteiger partial charge in [-0.05, 0) is 50.4 Å². The minimum absolute atomic E-state index is 0.00165. The summed E-state index contributed by atoms with van der Waals surface area (Å²) in [6, 6.07) is 5.77. The maximum Gasteiger partial charge on any atom is 0.224 e. The lowest BCUT2D eigenvalue weighted by molar-refractivity contribution is -0.116. The molecule has 1 aliphatic heterocycles. The van der Waals surface area contributed by atoms with Crippen molar-refractivity contribution in [3.63, 3.8) is 0 Å². The number of halogens is 1. The molecule has 1 amide bonds. The quantitative estimate of drug-likeness (QED) is 0.788. The molecule has 1 heterocycles. The highest BCUT2D eigenvalue weighted by molar-refractivity contribution is 7.99. The summed E-state index contributed by atoms with van der Waals surface area (Å²) in [7, 11) is 2.14. The third-order valence-electron chi connectivity index (χ3n) is 3.73. The van der Waals surface area contributed by atoms with Crippen LogP contribution in [0.1, 0.15) is 19.3 Å². The zero-order valence-electron chi connectivity index (χ0n) is 12.3. The van der Waals surface area contributed by atoms with Gasteiger partial charge in [0.2, 0.25) is 5.91 Å². The summed E-state index contributed by atoms with van der Waals surface area (Å²) in [4.78, 5) is 14.3. The molecular weight excluding hydrogens is 306 g/mol. The van der Waals surface area contributed by atoms with E-state index in [-0.39, 0.29) is 5.91 Å². The molecule has 1 saturated heterocycles. The van der Waals surface area contributed by atoms with E-state index in [9.17, 15) is 4.79 Å². The smallest absolute Gasteiger partial charge is 0.224 e. The maximum atomic E-state index is 11.9. The summed E-state index contributed by atoms with van der Waals surface area (Å²) in [5.74, 6) is 2.47. The zero-order chi connectivity index (χ0) is 15.2. The van der Waals surface area contributed by atoms with Crippen LogP contribution >= 0.6 is 23.4 Å². The summed E-state index contributed by atoms with van der Waals surface area (Å²) in [6.45, 7) is 0.953. The molecule has 3 N–H and O–H groups in total. The number of nitrogens with two attached hydrogens (primary N) is 1. The number of carbonyl (C=O) groups excluding carboxylic acids is 1. The number of benzene rings is 1. The second-order valence-electron chi connectivity index (χ2n) is 5.38. The Bertz CT molecular complexity index is 492. The Morgan fingerprint density at radius 1 is 1.57 bits per heavy atom. The topological polar surface area (TPSA) is 58.4 Å². The van der Waals surface area contributed by atoms with Crippen molar-refractivity contribution < 1.29 is 4.79 Å². The molecule has 6 heteroatoms. The molecule has 1 aromatic rings. The number of carbonyl (C=O) groups is 1. The number of hydrogen-bond acceptors (Lipinski definition) is 4. The van der Waals surface area contributed by atoms with Gasteiger partial charge in [-0.15, -0.1) is 0 Å². The van der Waals surface area contributed by atoms with Crippen molar-refractivity contribution in [2.45, 2.75) is 25.3 Å². The molecule has 1 aliphatic rings. The predicted octanol–water partition coefficient (Wildman–Crippen LogP) is 3.08. The van der Waals surface area contributed by atoms with Crippen LogP contribution in [0.4, 0.5) is 11.4 Å². The molecule has 116 valence electrons. The lowest BCUT2D eigenvalue weighted by atomic mass is 10.2. The van der Waals surface area contributed by atoms with Crippen LogP contribution in [-0.4, -0.2) is 41.9 Å². The minimum atomic E-state index is -0.00165. The van der Waals surface area contributed by atoms with Crippen molar-refractivity contribution in [1.82, 2.24) is 4.90 Å². The van der Waals surface area contributed by atoms with E-state index in [2.05, 4.69) is 17.3 Å². The summed E-state index contributed by atoms with van der Waals surface area (Å²) in [5, 5.41) is 3.41. The molecule has 1 fully saturated rings. The van der Waals surface area contributed by atoms with Gasteiger partial charge in [-0.1, -0.05) is 11.6 Å². The van der Waals surface area contributed by atoms with Gasteiger partial charge in [0.1, 0.15) is 0 Å². The van der Waals surface area contributed by atoms with Gasteiger partial charge in [-0.3, -0.25) is 4.79 Å². The van der Waals surface area contributed by atoms with E-state index >= 15 is 0 Å². The third-order valence-corrected chi connectivity index (χ3v) is 5.11. The molecule has 1 atom stereocenters. The van der Waals surface area contributed by atoms with Crippen LogP contribution in [0, 0.1) is 0 Å². The monoisotopic (exact) mass is 327 g/mol. The van der Waals surface area contributed by atoms with E-state index in [1.807, 2.05) is 11.8 Å². The average molecular weight is 328 g/mol. The van der Waals surface area contributed by atoms with Crippen LogP contribution in [0.5, 0.6) is 0 Å². The average Bonchev–Trinajstić information content (AvgIpc) is 2.96. The molecule has 1 unspecified atom stereocenters. The number of nitrogen functional groups attached to an aromatic ring is 1. The largest absolute Gasteiger partial charge is 0.397 e. The Kier molecular flexibility index (Phi) is 6.21. The number of hydrogen-bond donors (Lipinski definition) is 2. The van der Waals surface area contributed by atoms with Gasteiger partial charge in [0, 0.05) is 23.2 Å². The van der Waals surface area contributed by atoms with Crippen molar-refractivity contribution >= 4 is 40.6 Å². The van der Waals surface area contributed by atoms with Gasteiger partial charge >= 0.3 is 0 Å². The summed E-state index contributed by atoms with van der Waals surface area (Å²) in [5.41, 5.74) is 6.95. The van der Waals surface area contributed by atoms with Crippen LogP contribution in [0.3, 0.4) is 0 Å². The van der Waals surface area contributed by atoms with Crippen molar-refractivity contribution in [3.8, 4) is 0 Å². The van der Waals surface area contributed by atoms with Crippen LogP contribution in [-0.2, 0) is 4.79 Å². The number of thioether (sulfide) groups is 1. The predicted molar refractivity (Wildman–Crippen MR) is 92.1 cm³/mol. The molecule has 0 aliphatic carbocycles. The van der Waals surface area contributed by atoms with E-state index in [4.69, 9.17) is 17.3 Å². The number of anilines is 2. The number of amides is 1. The fourth-order valence-electron chi connectivity index (χ4n) is 2.40. The SMILES string of the molecule is CN(CCCC(=O)Nc1ccc(Cl)cc1N)C1CCSC1. The van der Waals surface area contributed by atoms with E-state index in [1.54, 1.807) is 18.2 Å². The maximum absolute atomic E-state index is 11.9. The van der Waals surface area contributed by atoms with Crippen molar-refractivity contribution in [3.05, 3.63) is 23.2 Å². The first-order chi connectivity index (χ1) is 10.1. The van der Waals surface area contributed by atoms with Crippen molar-refractivity contribution in [1.29, 1.82) is 0 Å². The lowest BCUT2D eigenvalue weighted by Gasteiger charge is -2.23. The Hall–Kier alpha value is -0.910. The van der Waals surface area contributed by atoms with Gasteiger partial charge in [0.05, 0.1) is 11.4 Å². The van der Waals surface area contributed by atoms with Gasteiger partial charge < -0.3 is 16.0 Å². The zero-order valence-corrected chi connectivity index (χ0v) is 13.8. The van der Waals surface area contributed by atoms with Gasteiger partial charge in [-0.2, -0.15) is 11.8 Å². The fourth-order valence-corrected chi connectivity index (χ4v) is 3.88. The summed E-state index contributed by atoms with van der Waals surface area (Å²) >= 11 is 7.84. The summed E-state index contributed by atoms with van der Waals surface area (Å²) in [6.07, 6.45) is 2.62. The van der Waals surface area contributed by atoms with Crippen LogP contribution < -0.4 is 11.1 Å². The Balaban J connectivity index is 1.72. The molecule has 0 aromatic heterocycles. The van der Waals surface area contributed by atoms with Gasteiger partial charge in [-0.25, -0.2) is 0 Å². The Morgan fingerprint density at radius 2 is 2.38 bits per heavy atom. The molecule has 0 radical (unpaired) electrons. The van der Waals surface area contributed by atoms with Crippen molar-refractivity contribution in [2.24, 2.45) is 0 Å². The van der Waals surface area contributed by atoms with Crippen molar-refractivity contribution in [2.75, 3.05) is 36.1 Å². The highest BCUT2D eigenvalue weighted by atomic mass is 35.5. The lowest BCUT2D eigenvalue weighted by Crippen LogP contribution is -2.32. The molecule has 0 saturated carbocycles. The minimum Gasteiger partial charge on any atom is -0.397 e. The van der Waals surface area contributed by atoms with Gasteiger partial charge in [0.15, 0.2) is 0 Å². The highest BCUT2D eigenvalue weighted by Gasteiger charge is 2.19. The van der Waals surface area contributed by atoms with E-state index < -0.39 is 0 Å². The molecule has 1 aromatic carbocycles. The second-order valence-corrected chi connectivity index (χ2v) is 6.97. The molecular formula is C15H22ClN3OS. The molecule has 0 spiro atoms. The van der Waals surface area contributed by atoms with E-state index in [1.165, 1.54) is 17.9 Å². The molecule has 0 bridgehead atoms. The Morgan fingerprint density at radius 3 is 3.05 bits per heavy atom. The highest BCUT2D eigenvalue weighted by Crippen LogP contribution is 2.23. The normalized spacial score (nSPS) is 18.1. The Labute approximate surface area is 135 Å². The first-order valence-corrected chi connectivity index (χ1v) is 8.72. The number of nitrogens with zero attached hydrogens (tertiary/aromatic N) is 1. The number of rotatable bonds is 6. The van der Waals surface area contributed by atoms with Crippen LogP contribution in [0.25, 0.3) is 0 Å². The van der Waals surface area contributed by atoms with E-state index in [0.717, 1.165) is 13.0 Å². The fraction of sp³-hybridized carbons (Fsp3) is 0.533. The first kappa shape index (κ1) is 16.5. The second kappa shape index (κ2) is 7.92. The third kappa shape index (κ3) is 5.09. The first-order valence-electron chi connectivity index (χ1n) is 7.19. The van der Waals surface area contributed by atoms with Crippen LogP contribution in [0.2, 0.25) is 5.02 Å². The molecule has 2 rings (SSSR count). The van der Waals surface area contributed by atoms with Gasteiger partial charge in [0.25, 0.3) is 0 Å². The molecule has 21 heavy (non-hydrogen) atoms. The molecule has 4 nitrogen and oxygen atoms in total. The van der Waals surface area contributed by atoms with Crippen LogP contribution in [0.15, 0.2) is 18.2 Å². The van der Waals surface area contributed by atoms with E-state index in [0.29, 0.717) is 28.9 Å². The summed E-state index contributed by atoms with van der Waals surface area (Å²) < 4.78 is 0. The number of nitrogens with one attached hydrogen (secondary N) is 1.